The molecule has 2 nitrogen and oxygen atoms in total. The number of hydrogen-bond donors (Lipinski definition) is 0. The number of hydrogen-bond acceptors (Lipinski definition) is 2. The molecule has 16 heavy (non-hydrogen) atoms. The molecule has 9 heteroatoms. The minimum Gasteiger partial charge on any atom is -0.207 e. The fraction of sp³-hybridized carbons (Fsp3) is 0.143. The molecule has 0 unspecified atom stereocenters. The Morgan fingerprint density at radius 2 is 1.62 bits per heavy atom. The predicted octanol–water partition coefficient (Wildman–Crippen LogP) is 2.91. The Bertz CT molecular complexity index is 522. The largest absolute Gasteiger partial charge is 0.416 e. The van der Waals surface area contributed by atoms with E-state index < -0.39 is 37.3 Å². The molecule has 0 aliphatic heterocycles. The molecule has 0 radical (unpaired) electrons. The summed E-state index contributed by atoms with van der Waals surface area (Å²) in [5.41, 5.74) is -1.63. The van der Waals surface area contributed by atoms with E-state index in [1.807, 2.05) is 0 Å². The van der Waals surface area contributed by atoms with Gasteiger partial charge in [0.1, 0.15) is 4.90 Å². The third-order valence-corrected chi connectivity index (χ3v) is 2.91. The molecule has 0 amide bonds. The van der Waals surface area contributed by atoms with Crippen molar-refractivity contribution < 1.29 is 30.4 Å². The van der Waals surface area contributed by atoms with Crippen LogP contribution < -0.4 is 0 Å². The van der Waals surface area contributed by atoms with Gasteiger partial charge in [-0.1, -0.05) is 0 Å². The lowest BCUT2D eigenvalue weighted by atomic mass is 10.2. The van der Waals surface area contributed by atoms with Crippen LogP contribution in [0.25, 0.3) is 0 Å². The molecule has 0 N–H and O–H groups in total. The van der Waals surface area contributed by atoms with Gasteiger partial charge in [0.05, 0.1) is 5.56 Å². The first kappa shape index (κ1) is 13.2. The molecule has 0 atom stereocenters. The van der Waals surface area contributed by atoms with Crippen molar-refractivity contribution in [3.63, 3.8) is 0 Å². The molecule has 0 saturated carbocycles. The highest BCUT2D eigenvalue weighted by atomic mass is 35.7. The average Bonchev–Trinajstić information content (AvgIpc) is 2.05. The van der Waals surface area contributed by atoms with E-state index >= 15 is 0 Å². The summed E-state index contributed by atoms with van der Waals surface area (Å²) in [7, 11) is -0.125. The maximum atomic E-state index is 12.9. The highest BCUT2D eigenvalue weighted by molar-refractivity contribution is 8.13. The molecule has 0 aliphatic rings. The van der Waals surface area contributed by atoms with Crippen LogP contribution in [0.4, 0.5) is 22.0 Å². The van der Waals surface area contributed by atoms with Crippen molar-refractivity contribution in [2.75, 3.05) is 0 Å². The zero-order valence-electron chi connectivity index (χ0n) is 7.15. The van der Waals surface area contributed by atoms with Crippen LogP contribution in [0.15, 0.2) is 17.0 Å². The lowest BCUT2D eigenvalue weighted by Crippen LogP contribution is -2.09. The SMILES string of the molecule is O=S(=O)(Cl)c1cc(C(F)(F)F)cc(F)c1F. The van der Waals surface area contributed by atoms with Gasteiger partial charge < -0.3 is 0 Å². The van der Waals surface area contributed by atoms with Crippen molar-refractivity contribution in [3.8, 4) is 0 Å². The topological polar surface area (TPSA) is 34.1 Å². The smallest absolute Gasteiger partial charge is 0.207 e. The summed E-state index contributed by atoms with van der Waals surface area (Å²) >= 11 is 0. The van der Waals surface area contributed by atoms with E-state index in [-0.39, 0.29) is 12.1 Å². The van der Waals surface area contributed by atoms with Gasteiger partial charge in [-0.15, -0.1) is 0 Å². The first-order valence-electron chi connectivity index (χ1n) is 3.54. The van der Waals surface area contributed by atoms with Gasteiger partial charge in [0, 0.05) is 10.7 Å². The highest BCUT2D eigenvalue weighted by Gasteiger charge is 2.34. The molecule has 0 saturated heterocycles. The van der Waals surface area contributed by atoms with Gasteiger partial charge in [-0.05, 0) is 12.1 Å². The van der Waals surface area contributed by atoms with E-state index in [0.717, 1.165) is 0 Å². The maximum absolute atomic E-state index is 12.9. The van der Waals surface area contributed by atoms with E-state index in [1.165, 1.54) is 0 Å². The lowest BCUT2D eigenvalue weighted by molar-refractivity contribution is -0.138. The fourth-order valence-electron chi connectivity index (χ4n) is 0.905. The van der Waals surface area contributed by atoms with E-state index in [9.17, 15) is 30.4 Å². The Morgan fingerprint density at radius 3 is 2.00 bits per heavy atom. The molecule has 0 bridgehead atoms. The van der Waals surface area contributed by atoms with Crippen molar-refractivity contribution >= 4 is 19.7 Å². The van der Waals surface area contributed by atoms with Gasteiger partial charge in [0.15, 0.2) is 11.6 Å². The number of rotatable bonds is 1. The molecular weight excluding hydrogens is 279 g/mol. The van der Waals surface area contributed by atoms with E-state index in [2.05, 4.69) is 10.7 Å². The van der Waals surface area contributed by atoms with Crippen molar-refractivity contribution in [2.24, 2.45) is 0 Å². The van der Waals surface area contributed by atoms with Crippen LogP contribution in [0.3, 0.4) is 0 Å². The van der Waals surface area contributed by atoms with Crippen LogP contribution in [0.2, 0.25) is 0 Å². The molecule has 90 valence electrons. The summed E-state index contributed by atoms with van der Waals surface area (Å²) in [6.07, 6.45) is -5.00. The first-order chi connectivity index (χ1) is 7.03. The number of alkyl halides is 3. The molecule has 0 fully saturated rings. The van der Waals surface area contributed by atoms with Gasteiger partial charge in [0.25, 0.3) is 9.05 Å². The second kappa shape index (κ2) is 3.85. The van der Waals surface area contributed by atoms with Crippen LogP contribution in [-0.2, 0) is 15.2 Å². The van der Waals surface area contributed by atoms with Crippen molar-refractivity contribution in [1.82, 2.24) is 0 Å². The third-order valence-electron chi connectivity index (χ3n) is 1.58. The Labute approximate surface area is 91.1 Å². The van der Waals surface area contributed by atoms with Crippen LogP contribution >= 0.6 is 10.7 Å². The Hall–Kier alpha value is -0.890. The highest BCUT2D eigenvalue weighted by Crippen LogP contribution is 2.33. The molecule has 1 rings (SSSR count). The molecule has 0 heterocycles. The zero-order valence-corrected chi connectivity index (χ0v) is 8.72. The Balaban J connectivity index is 3.59. The average molecular weight is 281 g/mol. The number of halogens is 6. The Morgan fingerprint density at radius 1 is 1.12 bits per heavy atom. The van der Waals surface area contributed by atoms with Crippen molar-refractivity contribution in [1.29, 1.82) is 0 Å². The number of benzene rings is 1. The minimum atomic E-state index is -5.00. The zero-order chi connectivity index (χ0) is 12.7. The summed E-state index contributed by atoms with van der Waals surface area (Å²) in [6, 6.07) is -0.221. The quantitative estimate of drug-likeness (QED) is 0.585. The van der Waals surface area contributed by atoms with Crippen LogP contribution in [0.5, 0.6) is 0 Å². The van der Waals surface area contributed by atoms with E-state index in [0.29, 0.717) is 0 Å². The molecule has 1 aromatic carbocycles. The van der Waals surface area contributed by atoms with Crippen LogP contribution in [-0.4, -0.2) is 8.42 Å². The lowest BCUT2D eigenvalue weighted by Gasteiger charge is -2.08. The first-order valence-corrected chi connectivity index (χ1v) is 5.85. The molecule has 1 aromatic rings. The standard InChI is InChI=1S/C7H2ClF5O2S/c8-16(14,15)5-2-3(7(11,12)13)1-4(9)6(5)10/h1-2H. The molecular formula is C7H2ClF5O2S. The third kappa shape index (κ3) is 2.62. The molecule has 0 aromatic heterocycles. The molecule has 0 spiro atoms. The second-order valence-corrected chi connectivity index (χ2v) is 5.24. The normalized spacial score (nSPS) is 12.9. The minimum absolute atomic E-state index is 0.0687. The van der Waals surface area contributed by atoms with Gasteiger partial charge in [-0.25, -0.2) is 17.2 Å². The summed E-state index contributed by atoms with van der Waals surface area (Å²) in [5, 5.41) is 0. The Kier molecular flexibility index (Phi) is 3.17. The molecule has 0 aliphatic carbocycles. The van der Waals surface area contributed by atoms with Gasteiger partial charge in [-0.3, -0.25) is 0 Å². The monoisotopic (exact) mass is 280 g/mol. The van der Waals surface area contributed by atoms with Gasteiger partial charge >= 0.3 is 6.18 Å². The van der Waals surface area contributed by atoms with E-state index in [1.54, 1.807) is 0 Å². The summed E-state index contributed by atoms with van der Waals surface area (Å²) in [4.78, 5) is -1.54. The summed E-state index contributed by atoms with van der Waals surface area (Å²) < 4.78 is 83.3. The van der Waals surface area contributed by atoms with Gasteiger partial charge in [-0.2, -0.15) is 13.2 Å². The predicted molar refractivity (Wildman–Crippen MR) is 44.4 cm³/mol. The second-order valence-electron chi connectivity index (χ2n) is 2.71. The summed E-state index contributed by atoms with van der Waals surface area (Å²) in [5.74, 6) is -3.88. The van der Waals surface area contributed by atoms with Gasteiger partial charge in [0.2, 0.25) is 0 Å². The van der Waals surface area contributed by atoms with Crippen molar-refractivity contribution in [3.05, 3.63) is 29.3 Å². The van der Waals surface area contributed by atoms with Crippen LogP contribution in [0, 0.1) is 11.6 Å². The summed E-state index contributed by atoms with van der Waals surface area (Å²) in [6.45, 7) is 0. The maximum Gasteiger partial charge on any atom is 0.416 e. The van der Waals surface area contributed by atoms with Crippen molar-refractivity contribution in [2.45, 2.75) is 11.1 Å². The van der Waals surface area contributed by atoms with E-state index in [4.69, 9.17) is 0 Å². The van der Waals surface area contributed by atoms with Crippen LogP contribution in [0.1, 0.15) is 5.56 Å². The fourth-order valence-corrected chi connectivity index (χ4v) is 1.82.